The first-order valence-electron chi connectivity index (χ1n) is 12.3. The highest BCUT2D eigenvalue weighted by Gasteiger charge is 2.48. The Morgan fingerprint density at radius 2 is 1.43 bits per heavy atom. The van der Waals surface area contributed by atoms with Crippen LogP contribution in [0.15, 0.2) is 39.5 Å². The largest absolute Gasteiger partial charge is 0.508 e. The molecule has 10 N–H and O–H groups in total. The van der Waals surface area contributed by atoms with Crippen molar-refractivity contribution in [2.24, 2.45) is 0 Å². The molecular weight excluding hydrogens is 536 g/mol. The molecule has 2 aliphatic rings. The van der Waals surface area contributed by atoms with Gasteiger partial charge in [-0.15, -0.1) is 0 Å². The van der Waals surface area contributed by atoms with E-state index < -0.39 is 107 Å². The van der Waals surface area contributed by atoms with Crippen molar-refractivity contribution in [1.82, 2.24) is 0 Å². The number of benzene rings is 2. The Hall–Kier alpha value is -3.31. The third-order valence-corrected chi connectivity index (χ3v) is 7.31. The van der Waals surface area contributed by atoms with E-state index in [0.29, 0.717) is 5.56 Å². The van der Waals surface area contributed by atoms with Gasteiger partial charge in [-0.3, -0.25) is 4.79 Å². The SMILES string of the molecule is O=c1cc(-c2ccc(O)cc2)oc2c([C@H]3OC[C@@H](O)[C@@H](O)[C@@H]3O)c(O)c([C@@H]3O[C@H](CO)[C@@H](O)[C@H](O)[C@H]3O)c(O)c12. The minimum atomic E-state index is -1.98. The molecule has 0 spiro atoms. The first-order chi connectivity index (χ1) is 19.0. The summed E-state index contributed by atoms with van der Waals surface area (Å²) in [4.78, 5) is 13.4. The average Bonchev–Trinajstić information content (AvgIpc) is 2.92. The average molecular weight is 564 g/mol. The Balaban J connectivity index is 1.80. The number of phenols is 3. The van der Waals surface area contributed by atoms with E-state index in [1.807, 2.05) is 0 Å². The highest BCUT2D eigenvalue weighted by atomic mass is 16.5. The monoisotopic (exact) mass is 564 g/mol. The molecule has 1 aromatic heterocycles. The number of fused-ring (bicyclic) bond motifs is 1. The van der Waals surface area contributed by atoms with Gasteiger partial charge in [-0.1, -0.05) is 0 Å². The summed E-state index contributed by atoms with van der Waals surface area (Å²) in [5, 5.41) is 104. The van der Waals surface area contributed by atoms with Gasteiger partial charge in [0.05, 0.1) is 24.3 Å². The highest BCUT2D eigenvalue weighted by molar-refractivity contribution is 5.92. The van der Waals surface area contributed by atoms with E-state index in [9.17, 15) is 55.9 Å². The van der Waals surface area contributed by atoms with Gasteiger partial charge >= 0.3 is 0 Å². The van der Waals surface area contributed by atoms with Crippen molar-refractivity contribution in [3.05, 3.63) is 51.7 Å². The fourth-order valence-electron chi connectivity index (χ4n) is 5.11. The Labute approximate surface area is 224 Å². The minimum Gasteiger partial charge on any atom is -0.508 e. The number of hydrogen-bond acceptors (Lipinski definition) is 14. The molecule has 2 fully saturated rings. The summed E-state index contributed by atoms with van der Waals surface area (Å²) in [6.45, 7) is -1.34. The van der Waals surface area contributed by atoms with Crippen LogP contribution in [0, 0.1) is 0 Å². The predicted molar refractivity (Wildman–Crippen MR) is 132 cm³/mol. The molecular formula is C26H28O14. The fourth-order valence-corrected chi connectivity index (χ4v) is 5.11. The van der Waals surface area contributed by atoms with Gasteiger partial charge in [0, 0.05) is 11.6 Å². The van der Waals surface area contributed by atoms with Gasteiger partial charge in [-0.25, -0.2) is 0 Å². The predicted octanol–water partition coefficient (Wildman–Crippen LogP) is -1.75. The molecule has 0 saturated carbocycles. The van der Waals surface area contributed by atoms with Crippen molar-refractivity contribution < 1.29 is 65.0 Å². The topological polar surface area (TPSA) is 251 Å². The standard InChI is InChI=1S/C26H28O14/c27-6-13-18(32)21(35)23(37)26(40-13)15-19(33)14-10(29)5-12(8-1-3-9(28)4-2-8)39-24(14)16(20(15)34)25-22(36)17(31)11(30)7-38-25/h1-5,11,13,17-18,21-23,25-28,30-37H,6-7H2/t11-,13-,17-,18-,21+,22+,23-,25-,26+/m1/s1. The Morgan fingerprint density at radius 1 is 0.775 bits per heavy atom. The van der Waals surface area contributed by atoms with Crippen molar-refractivity contribution in [2.45, 2.75) is 54.9 Å². The molecule has 2 aliphatic heterocycles. The molecule has 0 amide bonds. The van der Waals surface area contributed by atoms with Crippen molar-refractivity contribution in [2.75, 3.05) is 13.2 Å². The summed E-state index contributed by atoms with van der Waals surface area (Å²) < 4.78 is 16.9. The molecule has 0 bridgehead atoms. The number of aromatic hydroxyl groups is 3. The van der Waals surface area contributed by atoms with Crippen molar-refractivity contribution in [3.8, 4) is 28.6 Å². The summed E-state index contributed by atoms with van der Waals surface area (Å²) in [5.41, 5.74) is -2.15. The van der Waals surface area contributed by atoms with Gasteiger partial charge in [0.15, 0.2) is 11.0 Å². The lowest BCUT2D eigenvalue weighted by Crippen LogP contribution is -2.55. The Morgan fingerprint density at radius 3 is 2.08 bits per heavy atom. The van der Waals surface area contributed by atoms with Gasteiger partial charge in [-0.05, 0) is 24.3 Å². The molecule has 0 radical (unpaired) electrons. The third kappa shape index (κ3) is 4.49. The van der Waals surface area contributed by atoms with Crippen LogP contribution in [0.1, 0.15) is 23.3 Å². The molecule has 40 heavy (non-hydrogen) atoms. The lowest BCUT2D eigenvalue weighted by molar-refractivity contribution is -0.232. The maximum Gasteiger partial charge on any atom is 0.197 e. The smallest absolute Gasteiger partial charge is 0.197 e. The van der Waals surface area contributed by atoms with E-state index in [1.54, 1.807) is 0 Å². The zero-order valence-corrected chi connectivity index (χ0v) is 20.6. The fraction of sp³-hybridized carbons (Fsp3) is 0.423. The molecule has 216 valence electrons. The number of phenolic OH excluding ortho intramolecular Hbond substituents is 3. The molecule has 0 aliphatic carbocycles. The lowest BCUT2D eigenvalue weighted by Gasteiger charge is -2.41. The van der Waals surface area contributed by atoms with E-state index in [4.69, 9.17) is 13.9 Å². The number of ether oxygens (including phenoxy) is 2. The van der Waals surface area contributed by atoms with Gasteiger partial charge in [0.2, 0.25) is 0 Å². The summed E-state index contributed by atoms with van der Waals surface area (Å²) in [6, 6.07) is 6.50. The van der Waals surface area contributed by atoms with Gasteiger partial charge in [0.1, 0.15) is 83.3 Å². The number of aliphatic hydroxyl groups excluding tert-OH is 7. The quantitative estimate of drug-likeness (QED) is 0.169. The lowest BCUT2D eigenvalue weighted by atomic mass is 9.85. The van der Waals surface area contributed by atoms with Crippen molar-refractivity contribution >= 4 is 11.0 Å². The van der Waals surface area contributed by atoms with Crippen LogP contribution >= 0.6 is 0 Å². The van der Waals surface area contributed by atoms with E-state index in [2.05, 4.69) is 0 Å². The van der Waals surface area contributed by atoms with Crippen LogP contribution in [0.3, 0.4) is 0 Å². The van der Waals surface area contributed by atoms with Crippen LogP contribution in [0.4, 0.5) is 0 Å². The second kappa shape index (κ2) is 10.6. The third-order valence-electron chi connectivity index (χ3n) is 7.31. The summed E-state index contributed by atoms with van der Waals surface area (Å²) >= 11 is 0. The second-order valence-electron chi connectivity index (χ2n) is 9.80. The van der Waals surface area contributed by atoms with Gasteiger partial charge < -0.3 is 65.0 Å². The number of hydrogen-bond donors (Lipinski definition) is 10. The van der Waals surface area contributed by atoms with Crippen LogP contribution in [0.25, 0.3) is 22.3 Å². The maximum atomic E-state index is 13.4. The second-order valence-corrected chi connectivity index (χ2v) is 9.80. The van der Waals surface area contributed by atoms with E-state index in [-0.39, 0.29) is 11.5 Å². The molecule has 0 unspecified atom stereocenters. The number of aliphatic hydroxyl groups is 7. The molecule has 5 rings (SSSR count). The van der Waals surface area contributed by atoms with Crippen LogP contribution < -0.4 is 5.43 Å². The highest BCUT2D eigenvalue weighted by Crippen LogP contribution is 2.50. The van der Waals surface area contributed by atoms with Crippen molar-refractivity contribution in [1.29, 1.82) is 0 Å². The van der Waals surface area contributed by atoms with Crippen LogP contribution in [0.5, 0.6) is 17.2 Å². The summed E-state index contributed by atoms with van der Waals surface area (Å²) in [6.07, 6.45) is -15.7. The zero-order chi connectivity index (χ0) is 29.0. The minimum absolute atomic E-state index is 0.0710. The first-order valence-corrected chi connectivity index (χ1v) is 12.3. The van der Waals surface area contributed by atoms with Gasteiger partial charge in [-0.2, -0.15) is 0 Å². The maximum absolute atomic E-state index is 13.4. The van der Waals surface area contributed by atoms with E-state index in [0.717, 1.165) is 6.07 Å². The molecule has 14 heteroatoms. The first kappa shape index (κ1) is 28.2. The van der Waals surface area contributed by atoms with Crippen LogP contribution in [0.2, 0.25) is 0 Å². The Bertz CT molecular complexity index is 1450. The summed E-state index contributed by atoms with van der Waals surface area (Å²) in [5.74, 6) is -2.01. The molecule has 2 aromatic carbocycles. The van der Waals surface area contributed by atoms with Gasteiger partial charge in [0.25, 0.3) is 0 Å². The molecule has 3 heterocycles. The molecule has 14 nitrogen and oxygen atoms in total. The molecule has 3 aromatic rings. The molecule has 2 saturated heterocycles. The van der Waals surface area contributed by atoms with E-state index >= 15 is 0 Å². The molecule has 9 atom stereocenters. The van der Waals surface area contributed by atoms with Crippen LogP contribution in [-0.2, 0) is 9.47 Å². The zero-order valence-electron chi connectivity index (χ0n) is 20.6. The number of rotatable bonds is 4. The summed E-state index contributed by atoms with van der Waals surface area (Å²) in [7, 11) is 0. The van der Waals surface area contributed by atoms with Crippen molar-refractivity contribution in [3.63, 3.8) is 0 Å². The Kier molecular flexibility index (Phi) is 7.47. The normalized spacial score (nSPS) is 32.8. The van der Waals surface area contributed by atoms with Crippen LogP contribution in [-0.4, -0.2) is 107 Å². The van der Waals surface area contributed by atoms with E-state index in [1.165, 1.54) is 24.3 Å².